The van der Waals surface area contributed by atoms with Crippen LogP contribution >= 0.6 is 11.8 Å². The first-order chi connectivity index (χ1) is 14.8. The number of fused-ring (bicyclic) bond motifs is 1. The molecule has 160 valence electrons. The van der Waals surface area contributed by atoms with Gasteiger partial charge in [0.05, 0.1) is 0 Å². The number of nitrogens with one attached hydrogen (secondary N) is 1. The van der Waals surface area contributed by atoms with Crippen molar-refractivity contribution < 1.29 is 27.8 Å². The largest absolute Gasteiger partial charge is 0.480 e. The van der Waals surface area contributed by atoms with Crippen LogP contribution in [-0.2, 0) is 17.6 Å². The van der Waals surface area contributed by atoms with Gasteiger partial charge in [-0.1, -0.05) is 24.3 Å². The lowest BCUT2D eigenvalue weighted by Gasteiger charge is -2.33. The van der Waals surface area contributed by atoms with Crippen LogP contribution in [0.25, 0.3) is 11.1 Å². The van der Waals surface area contributed by atoms with E-state index in [4.69, 9.17) is 16.5 Å². The number of carboxylic acid groups (broad SMARTS) is 1. The molecule has 0 saturated carbocycles. The van der Waals surface area contributed by atoms with Crippen molar-refractivity contribution >= 4 is 17.7 Å². The maximum Gasteiger partial charge on any atom is 0.325 e. The molecule has 3 aromatic carbocycles. The highest BCUT2D eigenvalue weighted by Crippen LogP contribution is 2.38. The number of carboxylic acids is 1. The summed E-state index contributed by atoms with van der Waals surface area (Å²) in [7, 11) is 0. The highest BCUT2D eigenvalue weighted by Gasteiger charge is 2.41. The molecule has 0 heterocycles. The normalized spacial score (nSPS) is 17.8. The molecule has 8 heteroatoms. The van der Waals surface area contributed by atoms with Crippen LogP contribution in [-0.4, -0.2) is 16.6 Å². The molecule has 2 N–H and O–H groups in total. The molecule has 0 spiro atoms. The molecule has 1 aliphatic rings. The molecule has 31 heavy (non-hydrogen) atoms. The van der Waals surface area contributed by atoms with Crippen molar-refractivity contribution in [1.29, 1.82) is 0 Å². The lowest BCUT2D eigenvalue weighted by atomic mass is 9.78. The number of para-hydroxylation sites is 1. The van der Waals surface area contributed by atoms with Crippen LogP contribution in [0.4, 0.5) is 13.2 Å². The molecule has 0 aromatic heterocycles. The van der Waals surface area contributed by atoms with Gasteiger partial charge in [-0.15, -0.1) is 0 Å². The van der Waals surface area contributed by atoms with Gasteiger partial charge in [-0.3, -0.25) is 4.79 Å². The molecule has 0 saturated heterocycles. The smallest absolute Gasteiger partial charge is 0.325 e. The maximum absolute atomic E-state index is 14.3. The molecule has 0 fully saturated rings. The number of aliphatic carboxylic acids is 1. The van der Waals surface area contributed by atoms with Crippen LogP contribution in [0.15, 0.2) is 54.6 Å². The van der Waals surface area contributed by atoms with Gasteiger partial charge in [0, 0.05) is 17.5 Å². The van der Waals surface area contributed by atoms with Crippen molar-refractivity contribution in [2.75, 3.05) is 0 Å². The number of hydrogen-bond acceptors (Lipinski definition) is 3. The van der Waals surface area contributed by atoms with Crippen molar-refractivity contribution in [1.82, 2.24) is 4.84 Å². The van der Waals surface area contributed by atoms with Crippen molar-refractivity contribution in [2.45, 2.75) is 24.8 Å². The zero-order chi connectivity index (χ0) is 22.2. The summed E-state index contributed by atoms with van der Waals surface area (Å²) in [5, 5.41) is 9.58. The summed E-state index contributed by atoms with van der Waals surface area (Å²) in [5.74, 6) is -4.54. The van der Waals surface area contributed by atoms with Gasteiger partial charge in [0.25, 0.3) is 0 Å². The second-order valence-electron chi connectivity index (χ2n) is 7.41. The number of benzene rings is 3. The van der Waals surface area contributed by atoms with Crippen molar-refractivity contribution in [3.05, 3.63) is 83.2 Å². The molecule has 4 nitrogen and oxygen atoms in total. The zero-order valence-corrected chi connectivity index (χ0v) is 16.8. The highest BCUT2D eigenvalue weighted by atomic mass is 35.5. The quantitative estimate of drug-likeness (QED) is 0.394. The van der Waals surface area contributed by atoms with Gasteiger partial charge in [-0.05, 0) is 66.1 Å². The van der Waals surface area contributed by atoms with E-state index >= 15 is 0 Å². The SMILES string of the molecule is O=C(O)C1(NCl)CCc2ccc(Oc3ccccc3-c3ccc(F)c(F)c3F)cc2C1. The minimum Gasteiger partial charge on any atom is -0.480 e. The van der Waals surface area contributed by atoms with Gasteiger partial charge in [0.2, 0.25) is 0 Å². The number of carbonyl (C=O) groups is 1. The Morgan fingerprint density at radius 2 is 1.77 bits per heavy atom. The number of rotatable bonds is 5. The third-order valence-corrected chi connectivity index (χ3v) is 5.88. The van der Waals surface area contributed by atoms with E-state index in [2.05, 4.69) is 4.84 Å². The fourth-order valence-corrected chi connectivity index (χ4v) is 4.02. The Kier molecular flexibility index (Phi) is 5.64. The minimum atomic E-state index is -1.56. The van der Waals surface area contributed by atoms with Crippen LogP contribution in [0.1, 0.15) is 17.5 Å². The highest BCUT2D eigenvalue weighted by molar-refractivity contribution is 6.15. The van der Waals surface area contributed by atoms with Crippen molar-refractivity contribution in [3.63, 3.8) is 0 Å². The van der Waals surface area contributed by atoms with E-state index in [9.17, 15) is 23.1 Å². The Hall–Kier alpha value is -3.03. The van der Waals surface area contributed by atoms with Gasteiger partial charge in [-0.25, -0.2) is 18.0 Å². The third-order valence-electron chi connectivity index (χ3n) is 5.52. The number of halogens is 4. The lowest BCUT2D eigenvalue weighted by Crippen LogP contribution is -2.52. The van der Waals surface area contributed by atoms with Crippen LogP contribution < -0.4 is 9.57 Å². The molecule has 1 aliphatic carbocycles. The topological polar surface area (TPSA) is 58.6 Å². The standard InChI is InChI=1S/C23H17ClF3NO3/c24-28-23(22(29)30)10-9-13-5-6-15(11-14(13)12-23)31-19-4-2-1-3-16(19)17-7-8-18(25)21(27)20(17)26/h1-8,11,28H,9-10,12H2,(H,29,30). The first-order valence-corrected chi connectivity index (χ1v) is 9.86. The number of hydrogen-bond donors (Lipinski definition) is 2. The second kappa shape index (κ2) is 8.24. The average molecular weight is 448 g/mol. The molecule has 0 amide bonds. The summed E-state index contributed by atoms with van der Waals surface area (Å²) in [6.07, 6.45) is 1.04. The first kappa shape index (κ1) is 21.2. The average Bonchev–Trinajstić information content (AvgIpc) is 2.77. The molecule has 0 bridgehead atoms. The molecule has 4 rings (SSSR count). The Morgan fingerprint density at radius 1 is 1.00 bits per heavy atom. The summed E-state index contributed by atoms with van der Waals surface area (Å²) in [4.78, 5) is 14.1. The summed E-state index contributed by atoms with van der Waals surface area (Å²) >= 11 is 5.74. The Balaban J connectivity index is 1.69. The van der Waals surface area contributed by atoms with E-state index < -0.39 is 29.0 Å². The molecule has 1 unspecified atom stereocenters. The van der Waals surface area contributed by atoms with Gasteiger partial charge < -0.3 is 9.84 Å². The summed E-state index contributed by atoms with van der Waals surface area (Å²) in [5.41, 5.74) is 0.578. The third kappa shape index (κ3) is 3.86. The van der Waals surface area contributed by atoms with E-state index in [-0.39, 0.29) is 23.3 Å². The van der Waals surface area contributed by atoms with Gasteiger partial charge in [0.1, 0.15) is 17.0 Å². The van der Waals surface area contributed by atoms with Crippen LogP contribution in [0, 0.1) is 17.5 Å². The summed E-state index contributed by atoms with van der Waals surface area (Å²) in [6.45, 7) is 0. The lowest BCUT2D eigenvalue weighted by molar-refractivity contribution is -0.144. The van der Waals surface area contributed by atoms with Crippen LogP contribution in [0.3, 0.4) is 0 Å². The Bertz CT molecular complexity index is 1170. The molecular weight excluding hydrogens is 431 g/mol. The van der Waals surface area contributed by atoms with E-state index in [1.54, 1.807) is 30.3 Å². The van der Waals surface area contributed by atoms with E-state index in [0.29, 0.717) is 18.6 Å². The summed E-state index contributed by atoms with van der Waals surface area (Å²) in [6, 6.07) is 13.7. The maximum atomic E-state index is 14.3. The van der Waals surface area contributed by atoms with Gasteiger partial charge >= 0.3 is 5.97 Å². The predicted molar refractivity (Wildman–Crippen MR) is 110 cm³/mol. The monoisotopic (exact) mass is 447 g/mol. The predicted octanol–water partition coefficient (Wildman–Crippen LogP) is 5.62. The van der Waals surface area contributed by atoms with E-state index in [1.165, 1.54) is 6.07 Å². The van der Waals surface area contributed by atoms with Crippen LogP contribution in [0.5, 0.6) is 11.5 Å². The van der Waals surface area contributed by atoms with Crippen molar-refractivity contribution in [2.24, 2.45) is 0 Å². The van der Waals surface area contributed by atoms with Crippen LogP contribution in [0.2, 0.25) is 0 Å². The Morgan fingerprint density at radius 3 is 2.52 bits per heavy atom. The molecule has 3 aromatic rings. The van der Waals surface area contributed by atoms with E-state index in [0.717, 1.165) is 23.3 Å². The molecular formula is C23H17ClF3NO3. The number of ether oxygens (including phenoxy) is 1. The molecule has 0 radical (unpaired) electrons. The fourth-order valence-electron chi connectivity index (χ4n) is 3.78. The minimum absolute atomic E-state index is 0.135. The molecule has 0 aliphatic heterocycles. The summed E-state index contributed by atoms with van der Waals surface area (Å²) < 4.78 is 47.3. The fraction of sp³-hybridized carbons (Fsp3) is 0.174. The molecule has 1 atom stereocenters. The first-order valence-electron chi connectivity index (χ1n) is 9.48. The zero-order valence-electron chi connectivity index (χ0n) is 16.1. The van der Waals surface area contributed by atoms with Gasteiger partial charge in [-0.2, -0.15) is 0 Å². The second-order valence-corrected chi connectivity index (χ2v) is 7.60. The van der Waals surface area contributed by atoms with E-state index in [1.807, 2.05) is 6.07 Å². The van der Waals surface area contributed by atoms with Crippen molar-refractivity contribution in [3.8, 4) is 22.6 Å². The Labute approximate surface area is 181 Å². The van der Waals surface area contributed by atoms with Gasteiger partial charge in [0.15, 0.2) is 17.5 Å². The number of aryl methyl sites for hydroxylation is 1.